The Labute approximate surface area is 68.3 Å². The van der Waals surface area contributed by atoms with Crippen molar-refractivity contribution in [2.45, 2.75) is 0 Å². The zero-order valence-electron chi connectivity index (χ0n) is 6.15. The summed E-state index contributed by atoms with van der Waals surface area (Å²) in [5.41, 5.74) is 5.92. The fourth-order valence-electron chi connectivity index (χ4n) is 1.26. The van der Waals surface area contributed by atoms with E-state index in [1.807, 2.05) is 0 Å². The molecule has 0 fully saturated rings. The predicted molar refractivity (Wildman–Crippen MR) is 42.2 cm³/mol. The molecule has 1 aliphatic rings. The van der Waals surface area contributed by atoms with Crippen LogP contribution in [0.4, 0.5) is 0 Å². The topological polar surface area (TPSA) is 65.1 Å². The maximum Gasteiger partial charge on any atom is 0.255 e. The van der Waals surface area contributed by atoms with Crippen LogP contribution < -0.4 is 5.73 Å². The zero-order valence-corrected chi connectivity index (χ0v) is 6.15. The standard InChI is InChI=1S/C8H6N2O2/c9-8(12)5-4-7(11)10-3-1-2-6(5)10/h1-4H,(H2,9,12). The van der Waals surface area contributed by atoms with E-state index >= 15 is 0 Å². The molecule has 0 unspecified atom stereocenters. The quantitative estimate of drug-likeness (QED) is 0.632. The van der Waals surface area contributed by atoms with Gasteiger partial charge in [-0.3, -0.25) is 14.2 Å². The molecule has 1 amide bonds. The molecule has 60 valence electrons. The van der Waals surface area contributed by atoms with Crippen molar-refractivity contribution in [3.63, 3.8) is 0 Å². The Morgan fingerprint density at radius 2 is 2.25 bits per heavy atom. The predicted octanol–water partition coefficient (Wildman–Crippen LogP) is 0.0106. The van der Waals surface area contributed by atoms with Gasteiger partial charge in [-0.1, -0.05) is 0 Å². The molecule has 4 nitrogen and oxygen atoms in total. The van der Waals surface area contributed by atoms with Crippen LogP contribution in [0.15, 0.2) is 24.4 Å². The highest BCUT2D eigenvalue weighted by molar-refractivity contribution is 6.26. The number of hydrogen-bond donors (Lipinski definition) is 1. The van der Waals surface area contributed by atoms with Crippen molar-refractivity contribution in [3.05, 3.63) is 30.1 Å². The van der Waals surface area contributed by atoms with Crippen LogP contribution in [0.25, 0.3) is 5.57 Å². The molecule has 4 heteroatoms. The number of rotatable bonds is 1. The average Bonchev–Trinajstić information content (AvgIpc) is 2.53. The largest absolute Gasteiger partial charge is 0.366 e. The highest BCUT2D eigenvalue weighted by atomic mass is 16.2. The number of nitrogens with zero attached hydrogens (tertiary/aromatic N) is 1. The van der Waals surface area contributed by atoms with Crippen LogP contribution >= 0.6 is 0 Å². The van der Waals surface area contributed by atoms with Gasteiger partial charge < -0.3 is 5.73 Å². The molecule has 2 heterocycles. The lowest BCUT2D eigenvalue weighted by molar-refractivity contribution is -0.112. The highest BCUT2D eigenvalue weighted by Crippen LogP contribution is 2.21. The van der Waals surface area contributed by atoms with E-state index in [9.17, 15) is 9.59 Å². The van der Waals surface area contributed by atoms with Crippen LogP contribution in [0.1, 0.15) is 10.5 Å². The number of amides is 1. The van der Waals surface area contributed by atoms with Gasteiger partial charge in [0, 0.05) is 12.3 Å². The molecule has 2 N–H and O–H groups in total. The lowest BCUT2D eigenvalue weighted by Gasteiger charge is -1.94. The van der Waals surface area contributed by atoms with Crippen molar-refractivity contribution in [2.24, 2.45) is 5.73 Å². The normalized spacial score (nSPS) is 14.3. The third-order valence-corrected chi connectivity index (χ3v) is 1.80. The van der Waals surface area contributed by atoms with Crippen molar-refractivity contribution < 1.29 is 9.59 Å². The van der Waals surface area contributed by atoms with Crippen molar-refractivity contribution >= 4 is 17.4 Å². The number of nitrogens with two attached hydrogens (primary N) is 1. The van der Waals surface area contributed by atoms with Crippen LogP contribution in [0, 0.1) is 0 Å². The molecule has 1 aromatic rings. The second kappa shape index (κ2) is 2.07. The summed E-state index contributed by atoms with van der Waals surface area (Å²) in [5, 5.41) is 0. The summed E-state index contributed by atoms with van der Waals surface area (Å²) in [4.78, 5) is 21.9. The minimum Gasteiger partial charge on any atom is -0.366 e. The monoisotopic (exact) mass is 162 g/mol. The van der Waals surface area contributed by atoms with Crippen molar-refractivity contribution in [1.82, 2.24) is 4.57 Å². The summed E-state index contributed by atoms with van der Waals surface area (Å²) in [7, 11) is 0. The highest BCUT2D eigenvalue weighted by Gasteiger charge is 2.22. The van der Waals surface area contributed by atoms with Crippen LogP contribution in [0.2, 0.25) is 0 Å². The molecule has 1 aliphatic heterocycles. The van der Waals surface area contributed by atoms with E-state index in [2.05, 4.69) is 0 Å². The Hall–Kier alpha value is -1.84. The van der Waals surface area contributed by atoms with E-state index in [4.69, 9.17) is 5.73 Å². The van der Waals surface area contributed by atoms with Crippen LogP contribution in [-0.2, 0) is 4.79 Å². The number of fused-ring (bicyclic) bond motifs is 1. The van der Waals surface area contributed by atoms with Crippen molar-refractivity contribution in [2.75, 3.05) is 0 Å². The first kappa shape index (κ1) is 6.84. The fraction of sp³-hybridized carbons (Fsp3) is 0. The van der Waals surface area contributed by atoms with Gasteiger partial charge in [0.15, 0.2) is 0 Å². The Morgan fingerprint density at radius 1 is 1.50 bits per heavy atom. The fourth-order valence-corrected chi connectivity index (χ4v) is 1.26. The van der Waals surface area contributed by atoms with Gasteiger partial charge in [0.05, 0.1) is 11.3 Å². The van der Waals surface area contributed by atoms with E-state index in [0.29, 0.717) is 5.69 Å². The van der Waals surface area contributed by atoms with Crippen molar-refractivity contribution in [3.8, 4) is 0 Å². The van der Waals surface area contributed by atoms with Gasteiger partial charge in [-0.25, -0.2) is 0 Å². The molecule has 1 aromatic heterocycles. The molecule has 0 saturated heterocycles. The van der Waals surface area contributed by atoms with Gasteiger partial charge in [-0.05, 0) is 12.1 Å². The molecule has 0 aromatic carbocycles. The van der Waals surface area contributed by atoms with Gasteiger partial charge in [0.2, 0.25) is 0 Å². The van der Waals surface area contributed by atoms with E-state index < -0.39 is 5.91 Å². The molecule has 2 rings (SSSR count). The van der Waals surface area contributed by atoms with Gasteiger partial charge in [-0.2, -0.15) is 0 Å². The van der Waals surface area contributed by atoms with E-state index in [1.165, 1.54) is 10.6 Å². The lowest BCUT2D eigenvalue weighted by atomic mass is 10.2. The molecule has 0 saturated carbocycles. The molecule has 0 atom stereocenters. The minimum atomic E-state index is -0.569. The van der Waals surface area contributed by atoms with Gasteiger partial charge in [0.1, 0.15) is 0 Å². The number of allylic oxidation sites excluding steroid dienone is 1. The Kier molecular flexibility index (Phi) is 1.18. The Balaban J connectivity index is 2.62. The number of carbonyl (C=O) groups is 2. The van der Waals surface area contributed by atoms with Crippen LogP contribution in [-0.4, -0.2) is 16.4 Å². The molecular weight excluding hydrogens is 156 g/mol. The SMILES string of the molecule is NC(=O)C1=CC(=O)n2cccc21. The summed E-state index contributed by atoms with van der Waals surface area (Å²) in [6.07, 6.45) is 2.85. The van der Waals surface area contributed by atoms with Gasteiger partial charge in [0.25, 0.3) is 11.8 Å². The van der Waals surface area contributed by atoms with Crippen LogP contribution in [0.5, 0.6) is 0 Å². The number of aromatic nitrogens is 1. The molecule has 0 aliphatic carbocycles. The minimum absolute atomic E-state index is 0.219. The number of primary amides is 1. The first-order valence-electron chi connectivity index (χ1n) is 3.44. The lowest BCUT2D eigenvalue weighted by Crippen LogP contribution is -2.12. The van der Waals surface area contributed by atoms with Gasteiger partial charge >= 0.3 is 0 Å². The third-order valence-electron chi connectivity index (χ3n) is 1.80. The molecular formula is C8H6N2O2. The summed E-state index contributed by atoms with van der Waals surface area (Å²) in [5.74, 6) is -0.787. The summed E-state index contributed by atoms with van der Waals surface area (Å²) in [6, 6.07) is 3.38. The van der Waals surface area contributed by atoms with E-state index in [-0.39, 0.29) is 11.5 Å². The maximum absolute atomic E-state index is 11.1. The second-order valence-electron chi connectivity index (χ2n) is 2.52. The van der Waals surface area contributed by atoms with Crippen molar-refractivity contribution in [1.29, 1.82) is 0 Å². The summed E-state index contributed by atoms with van der Waals surface area (Å²) >= 11 is 0. The van der Waals surface area contributed by atoms with Crippen LogP contribution in [0.3, 0.4) is 0 Å². The van der Waals surface area contributed by atoms with Gasteiger partial charge in [-0.15, -0.1) is 0 Å². The summed E-state index contributed by atoms with van der Waals surface area (Å²) < 4.78 is 1.39. The Morgan fingerprint density at radius 3 is 2.92 bits per heavy atom. The van der Waals surface area contributed by atoms with E-state index in [0.717, 1.165) is 0 Å². The molecule has 0 spiro atoms. The molecule has 0 radical (unpaired) electrons. The molecule has 0 bridgehead atoms. The smallest absolute Gasteiger partial charge is 0.255 e. The maximum atomic E-state index is 11.1. The first-order chi connectivity index (χ1) is 5.70. The first-order valence-corrected chi connectivity index (χ1v) is 3.44. The number of hydrogen-bond acceptors (Lipinski definition) is 2. The Bertz CT molecular complexity index is 401. The summed E-state index contributed by atoms with van der Waals surface area (Å²) in [6.45, 7) is 0. The second-order valence-corrected chi connectivity index (χ2v) is 2.52. The number of carbonyl (C=O) groups excluding carboxylic acids is 2. The van der Waals surface area contributed by atoms with E-state index in [1.54, 1.807) is 18.3 Å². The third kappa shape index (κ3) is 0.717. The molecule has 12 heavy (non-hydrogen) atoms. The zero-order chi connectivity index (χ0) is 8.72. The average molecular weight is 162 g/mol.